The van der Waals surface area contributed by atoms with Crippen molar-refractivity contribution < 1.29 is 4.79 Å². The monoisotopic (exact) mass is 412 g/mol. The molecule has 3 N–H and O–H groups in total. The number of amides is 1. The van der Waals surface area contributed by atoms with E-state index >= 15 is 0 Å². The van der Waals surface area contributed by atoms with Gasteiger partial charge in [-0.15, -0.1) is 0 Å². The summed E-state index contributed by atoms with van der Waals surface area (Å²) in [6, 6.07) is 16.3. The van der Waals surface area contributed by atoms with Gasteiger partial charge in [-0.1, -0.05) is 30.3 Å². The molecule has 31 heavy (non-hydrogen) atoms. The van der Waals surface area contributed by atoms with Gasteiger partial charge in [0.15, 0.2) is 0 Å². The van der Waals surface area contributed by atoms with Gasteiger partial charge in [-0.25, -0.2) is 15.0 Å². The van der Waals surface area contributed by atoms with Crippen LogP contribution >= 0.6 is 0 Å². The van der Waals surface area contributed by atoms with E-state index in [0.717, 1.165) is 42.6 Å². The smallest absolute Gasteiger partial charge is 0.255 e. The van der Waals surface area contributed by atoms with Crippen LogP contribution in [0.5, 0.6) is 0 Å². The molecule has 0 atom stereocenters. The SMILES string of the molecule is Nc1ncc(C(=O)NC2CCC(n3cccc4ccnc3-4)CC2)c(-c2ccccc2)n1. The van der Waals surface area contributed by atoms with E-state index in [4.69, 9.17) is 5.73 Å². The van der Waals surface area contributed by atoms with Crippen LogP contribution in [-0.4, -0.2) is 31.5 Å². The quantitative estimate of drug-likeness (QED) is 0.529. The van der Waals surface area contributed by atoms with Gasteiger partial charge in [0.25, 0.3) is 5.91 Å². The van der Waals surface area contributed by atoms with Crippen molar-refractivity contribution in [3.8, 4) is 22.6 Å². The summed E-state index contributed by atoms with van der Waals surface area (Å²) in [5.74, 6) is 1.03. The lowest BCUT2D eigenvalue weighted by Gasteiger charge is -2.31. The second-order valence-corrected chi connectivity index (χ2v) is 7.97. The maximum Gasteiger partial charge on any atom is 0.255 e. The minimum Gasteiger partial charge on any atom is -0.368 e. The topological polar surface area (TPSA) is 98.7 Å². The van der Waals surface area contributed by atoms with E-state index in [0.29, 0.717) is 17.3 Å². The molecule has 0 spiro atoms. The van der Waals surface area contributed by atoms with Crippen LogP contribution in [0.15, 0.2) is 67.1 Å². The van der Waals surface area contributed by atoms with E-state index in [1.165, 1.54) is 6.20 Å². The van der Waals surface area contributed by atoms with E-state index in [1.54, 1.807) is 0 Å². The number of nitrogens with one attached hydrogen (secondary N) is 1. The molecule has 0 bridgehead atoms. The molecule has 3 aliphatic rings. The molecule has 1 amide bonds. The van der Waals surface area contributed by atoms with Gasteiger partial charge in [-0.2, -0.15) is 0 Å². The van der Waals surface area contributed by atoms with Crippen LogP contribution in [0.2, 0.25) is 0 Å². The summed E-state index contributed by atoms with van der Waals surface area (Å²) in [5.41, 5.74) is 8.80. The van der Waals surface area contributed by atoms with Gasteiger partial charge in [-0.3, -0.25) is 4.79 Å². The molecule has 2 aliphatic heterocycles. The van der Waals surface area contributed by atoms with Crippen molar-refractivity contribution in [2.45, 2.75) is 37.8 Å². The Labute approximate surface area is 180 Å². The summed E-state index contributed by atoms with van der Waals surface area (Å²) >= 11 is 0. The van der Waals surface area contributed by atoms with Crippen molar-refractivity contribution in [2.24, 2.45) is 0 Å². The fourth-order valence-electron chi connectivity index (χ4n) is 4.43. The minimum absolute atomic E-state index is 0.123. The van der Waals surface area contributed by atoms with Crippen molar-refractivity contribution in [1.29, 1.82) is 0 Å². The zero-order chi connectivity index (χ0) is 21.2. The van der Waals surface area contributed by atoms with Crippen LogP contribution in [0.3, 0.4) is 0 Å². The zero-order valence-corrected chi connectivity index (χ0v) is 17.1. The highest BCUT2D eigenvalue weighted by Gasteiger charge is 2.26. The van der Waals surface area contributed by atoms with Crippen molar-refractivity contribution in [2.75, 3.05) is 5.73 Å². The first kappa shape index (κ1) is 19.2. The van der Waals surface area contributed by atoms with Gasteiger partial charge in [0.05, 0.1) is 11.3 Å². The molecule has 1 aliphatic carbocycles. The normalized spacial score (nSPS) is 18.7. The lowest BCUT2D eigenvalue weighted by molar-refractivity contribution is 0.0922. The summed E-state index contributed by atoms with van der Waals surface area (Å²) in [5, 5.41) is 3.18. The molecule has 3 heterocycles. The number of fused-ring (bicyclic) bond motifs is 1. The number of hydrogen-bond acceptors (Lipinski definition) is 5. The molecule has 0 saturated heterocycles. The molecule has 156 valence electrons. The Bertz CT molecular complexity index is 1160. The molecule has 2 aromatic rings. The molecular weight excluding hydrogens is 388 g/mol. The van der Waals surface area contributed by atoms with Crippen molar-refractivity contribution in [3.05, 3.63) is 72.7 Å². The summed E-state index contributed by atoms with van der Waals surface area (Å²) < 4.78 is 2.27. The van der Waals surface area contributed by atoms with E-state index in [1.807, 2.05) is 42.6 Å². The summed E-state index contributed by atoms with van der Waals surface area (Å²) in [6.07, 6.45) is 9.29. The Kier molecular flexibility index (Phi) is 5.08. The third-order valence-electron chi connectivity index (χ3n) is 6.00. The summed E-state index contributed by atoms with van der Waals surface area (Å²) in [7, 11) is 0. The van der Waals surface area contributed by atoms with Gasteiger partial charge in [0.1, 0.15) is 5.82 Å². The fraction of sp³-hybridized carbons (Fsp3) is 0.250. The molecule has 5 rings (SSSR count). The average Bonchev–Trinajstić information content (AvgIpc) is 3.29. The minimum atomic E-state index is -0.158. The first-order chi connectivity index (χ1) is 15.2. The van der Waals surface area contributed by atoms with Crippen molar-refractivity contribution in [3.63, 3.8) is 0 Å². The number of carbonyl (C=O) groups excluding carboxylic acids is 1. The maximum absolute atomic E-state index is 13.1. The predicted octanol–water partition coefficient (Wildman–Crippen LogP) is 3.94. The first-order valence-electron chi connectivity index (χ1n) is 10.6. The molecule has 1 aromatic heterocycles. The van der Waals surface area contributed by atoms with Crippen LogP contribution in [0.25, 0.3) is 22.6 Å². The number of rotatable bonds is 4. The number of nitrogens with zero attached hydrogens (tertiary/aromatic N) is 4. The van der Waals surface area contributed by atoms with Gasteiger partial charge in [0, 0.05) is 41.8 Å². The van der Waals surface area contributed by atoms with E-state index in [2.05, 4.69) is 43.2 Å². The van der Waals surface area contributed by atoms with Crippen LogP contribution in [0.4, 0.5) is 5.95 Å². The molecule has 0 radical (unpaired) electrons. The van der Waals surface area contributed by atoms with Crippen molar-refractivity contribution in [1.82, 2.24) is 24.8 Å². The number of pyridine rings is 1. The number of carbonyl (C=O) groups is 1. The standard InChI is InChI=1S/C24H24N6O/c25-24-27-15-20(21(29-24)16-5-2-1-3-6-16)23(31)28-18-8-10-19(11-9-18)30-14-4-7-17-12-13-26-22(17)30/h1-7,12-15,18-19H,8-11H2,(H,28,31)(H2,25,27,29). The molecule has 1 saturated carbocycles. The van der Waals surface area contributed by atoms with E-state index < -0.39 is 0 Å². The third kappa shape index (κ3) is 3.86. The number of nitrogens with two attached hydrogens (primary N) is 1. The number of aromatic nitrogens is 4. The lowest BCUT2D eigenvalue weighted by Crippen LogP contribution is -2.38. The molecule has 7 nitrogen and oxygen atoms in total. The van der Waals surface area contributed by atoms with E-state index in [-0.39, 0.29) is 17.9 Å². The average molecular weight is 412 g/mol. The Morgan fingerprint density at radius 3 is 2.55 bits per heavy atom. The highest BCUT2D eigenvalue weighted by atomic mass is 16.1. The molecule has 0 unspecified atom stereocenters. The molecule has 1 fully saturated rings. The number of hydrogen-bond donors (Lipinski definition) is 2. The zero-order valence-electron chi connectivity index (χ0n) is 17.1. The largest absolute Gasteiger partial charge is 0.368 e. The molecular formula is C24H24N6O. The fourth-order valence-corrected chi connectivity index (χ4v) is 4.43. The van der Waals surface area contributed by atoms with Crippen LogP contribution in [-0.2, 0) is 0 Å². The number of nitrogen functional groups attached to an aromatic ring is 1. The highest BCUT2D eigenvalue weighted by molar-refractivity contribution is 5.99. The van der Waals surface area contributed by atoms with Crippen molar-refractivity contribution >= 4 is 11.9 Å². The maximum atomic E-state index is 13.1. The number of anilines is 1. The molecule has 7 heteroatoms. The van der Waals surface area contributed by atoms with Gasteiger partial charge in [0.2, 0.25) is 5.95 Å². The Balaban J connectivity index is 1.28. The molecule has 1 aromatic carbocycles. The number of benzene rings is 1. The highest BCUT2D eigenvalue weighted by Crippen LogP contribution is 2.33. The second-order valence-electron chi connectivity index (χ2n) is 7.97. The van der Waals surface area contributed by atoms with Gasteiger partial charge in [-0.05, 0) is 43.9 Å². The van der Waals surface area contributed by atoms with E-state index in [9.17, 15) is 4.79 Å². The Hall–Kier alpha value is -3.74. The lowest BCUT2D eigenvalue weighted by atomic mass is 9.90. The van der Waals surface area contributed by atoms with Crippen LogP contribution in [0.1, 0.15) is 42.1 Å². The summed E-state index contributed by atoms with van der Waals surface area (Å²) in [4.78, 5) is 26.0. The van der Waals surface area contributed by atoms with Crippen LogP contribution in [0, 0.1) is 0 Å². The second kappa shape index (κ2) is 8.18. The Morgan fingerprint density at radius 2 is 1.74 bits per heavy atom. The Morgan fingerprint density at radius 1 is 0.968 bits per heavy atom. The predicted molar refractivity (Wildman–Crippen MR) is 119 cm³/mol. The third-order valence-corrected chi connectivity index (χ3v) is 6.00. The first-order valence-corrected chi connectivity index (χ1v) is 10.6. The van der Waals surface area contributed by atoms with Crippen LogP contribution < -0.4 is 11.1 Å². The van der Waals surface area contributed by atoms with Gasteiger partial charge >= 0.3 is 0 Å². The summed E-state index contributed by atoms with van der Waals surface area (Å²) in [6.45, 7) is 0. The van der Waals surface area contributed by atoms with Gasteiger partial charge < -0.3 is 15.6 Å².